The van der Waals surface area contributed by atoms with Crippen LogP contribution >= 0.6 is 11.8 Å². The molecule has 1 N–H and O–H groups in total. The van der Waals surface area contributed by atoms with E-state index in [9.17, 15) is 9.18 Å². The summed E-state index contributed by atoms with van der Waals surface area (Å²) >= 11 is 1.31. The first-order valence-corrected chi connectivity index (χ1v) is 12.6. The van der Waals surface area contributed by atoms with Crippen LogP contribution in [0.2, 0.25) is 0 Å². The lowest BCUT2D eigenvalue weighted by Crippen LogP contribution is -2.59. The molecule has 33 heavy (non-hydrogen) atoms. The second-order valence-corrected chi connectivity index (χ2v) is 9.58. The van der Waals surface area contributed by atoms with Gasteiger partial charge in [-0.1, -0.05) is 49.2 Å². The molecule has 1 aromatic carbocycles. The fraction of sp³-hybridized carbons (Fsp3) is 0.542. The van der Waals surface area contributed by atoms with Crippen molar-refractivity contribution < 1.29 is 13.9 Å². The van der Waals surface area contributed by atoms with Crippen LogP contribution < -0.4 is 5.32 Å². The lowest BCUT2D eigenvalue weighted by molar-refractivity contribution is -0.119. The molecule has 178 valence electrons. The SMILES string of the molecule is C=CCn1c(SCC(=O)NCC2(N3CCOCC3)CCCCC2)nnc1-c1ccccc1F. The molecule has 9 heteroatoms. The smallest absolute Gasteiger partial charge is 0.230 e. The van der Waals surface area contributed by atoms with Crippen LogP contribution in [-0.2, 0) is 16.1 Å². The molecule has 2 heterocycles. The van der Waals surface area contributed by atoms with Crippen LogP contribution in [0.3, 0.4) is 0 Å². The first-order chi connectivity index (χ1) is 16.1. The van der Waals surface area contributed by atoms with E-state index in [2.05, 4.69) is 27.0 Å². The van der Waals surface area contributed by atoms with Gasteiger partial charge in [0.15, 0.2) is 11.0 Å². The van der Waals surface area contributed by atoms with E-state index in [1.807, 2.05) is 0 Å². The highest BCUT2D eigenvalue weighted by Gasteiger charge is 2.38. The number of aromatic nitrogens is 3. The number of ether oxygens (including phenoxy) is 1. The minimum atomic E-state index is -0.356. The Labute approximate surface area is 198 Å². The zero-order chi connectivity index (χ0) is 23.1. The molecule has 2 aromatic rings. The number of carbonyl (C=O) groups is 1. The van der Waals surface area contributed by atoms with Crippen molar-refractivity contribution in [2.45, 2.75) is 49.3 Å². The number of thioether (sulfide) groups is 1. The fourth-order valence-electron chi connectivity index (χ4n) is 4.83. The van der Waals surface area contributed by atoms with E-state index in [0.29, 0.717) is 29.6 Å². The number of rotatable bonds is 9. The van der Waals surface area contributed by atoms with Crippen LogP contribution in [0.1, 0.15) is 32.1 Å². The highest BCUT2D eigenvalue weighted by atomic mass is 32.2. The molecular weight excluding hydrogens is 441 g/mol. The topological polar surface area (TPSA) is 72.3 Å². The van der Waals surface area contributed by atoms with Crippen molar-refractivity contribution in [3.8, 4) is 11.4 Å². The predicted molar refractivity (Wildman–Crippen MR) is 128 cm³/mol. The summed E-state index contributed by atoms with van der Waals surface area (Å²) in [6.45, 7) is 8.25. The average molecular weight is 474 g/mol. The first kappa shape index (κ1) is 23.9. The summed E-state index contributed by atoms with van der Waals surface area (Å²) in [6, 6.07) is 6.48. The lowest BCUT2D eigenvalue weighted by atomic mass is 9.79. The molecule has 0 spiro atoms. The number of amides is 1. The molecule has 7 nitrogen and oxygen atoms in total. The monoisotopic (exact) mass is 473 g/mol. The van der Waals surface area contributed by atoms with E-state index in [4.69, 9.17) is 4.74 Å². The van der Waals surface area contributed by atoms with Crippen molar-refractivity contribution in [3.05, 3.63) is 42.7 Å². The van der Waals surface area contributed by atoms with Crippen LogP contribution in [0, 0.1) is 5.82 Å². The standard InChI is InChI=1S/C24H32FN5O2S/c1-2-12-30-22(19-8-4-5-9-20(19)25)27-28-23(30)33-17-21(31)26-18-24(10-6-3-7-11-24)29-13-15-32-16-14-29/h2,4-5,8-9H,1,3,6-7,10-18H2,(H,26,31). The van der Waals surface area contributed by atoms with Gasteiger partial charge in [0.1, 0.15) is 5.82 Å². The van der Waals surface area contributed by atoms with Crippen LogP contribution in [0.25, 0.3) is 11.4 Å². The number of morpholine rings is 1. The Balaban J connectivity index is 1.39. The van der Waals surface area contributed by atoms with Crippen LogP contribution in [-0.4, -0.2) is 69.7 Å². The van der Waals surface area contributed by atoms with Gasteiger partial charge < -0.3 is 10.1 Å². The van der Waals surface area contributed by atoms with Gasteiger partial charge in [0.25, 0.3) is 0 Å². The van der Waals surface area contributed by atoms with Gasteiger partial charge in [-0.2, -0.15) is 0 Å². The van der Waals surface area contributed by atoms with Gasteiger partial charge in [-0.15, -0.1) is 16.8 Å². The third-order valence-corrected chi connectivity index (χ3v) is 7.52. The molecule has 1 amide bonds. The molecule has 2 fully saturated rings. The summed E-state index contributed by atoms with van der Waals surface area (Å²) in [5.41, 5.74) is 0.413. The van der Waals surface area contributed by atoms with E-state index < -0.39 is 0 Å². The van der Waals surface area contributed by atoms with Crippen molar-refractivity contribution in [1.82, 2.24) is 25.0 Å². The molecule has 4 rings (SSSR count). The number of nitrogens with one attached hydrogen (secondary N) is 1. The predicted octanol–water partition coefficient (Wildman–Crippen LogP) is 3.51. The second kappa shape index (κ2) is 11.3. The number of benzene rings is 1. The molecule has 2 aliphatic rings. The second-order valence-electron chi connectivity index (χ2n) is 8.64. The Morgan fingerprint density at radius 1 is 1.21 bits per heavy atom. The van der Waals surface area contributed by atoms with Gasteiger partial charge >= 0.3 is 0 Å². The molecule has 0 atom stereocenters. The number of halogens is 1. The summed E-state index contributed by atoms with van der Waals surface area (Å²) in [6.07, 6.45) is 7.60. The molecule has 1 aliphatic heterocycles. The van der Waals surface area contributed by atoms with E-state index in [1.54, 1.807) is 28.8 Å². The summed E-state index contributed by atoms with van der Waals surface area (Å²) in [5.74, 6) is 0.278. The largest absolute Gasteiger partial charge is 0.379 e. The molecule has 1 saturated heterocycles. The van der Waals surface area contributed by atoms with Crippen molar-refractivity contribution in [2.75, 3.05) is 38.6 Å². The maximum absolute atomic E-state index is 14.3. The summed E-state index contributed by atoms with van der Waals surface area (Å²) < 4.78 is 21.6. The minimum absolute atomic E-state index is 0.0289. The van der Waals surface area contributed by atoms with Crippen LogP contribution in [0.4, 0.5) is 4.39 Å². The molecule has 0 bridgehead atoms. The van der Waals surface area contributed by atoms with Gasteiger partial charge in [-0.05, 0) is 25.0 Å². The average Bonchev–Trinajstić information content (AvgIpc) is 3.25. The maximum Gasteiger partial charge on any atom is 0.230 e. The van der Waals surface area contributed by atoms with E-state index in [0.717, 1.165) is 39.1 Å². The van der Waals surface area contributed by atoms with E-state index in [1.165, 1.54) is 37.1 Å². The highest BCUT2D eigenvalue weighted by molar-refractivity contribution is 7.99. The zero-order valence-electron chi connectivity index (χ0n) is 19.0. The molecule has 0 unspecified atom stereocenters. The Morgan fingerprint density at radius 2 is 1.97 bits per heavy atom. The molecule has 1 aromatic heterocycles. The van der Waals surface area contributed by atoms with Gasteiger partial charge in [-0.3, -0.25) is 14.3 Å². The third kappa shape index (κ3) is 5.65. The quantitative estimate of drug-likeness (QED) is 0.444. The number of allylic oxidation sites excluding steroid dienone is 1. The fourth-order valence-corrected chi connectivity index (χ4v) is 5.61. The Hall–Kier alpha value is -2.23. The Kier molecular flexibility index (Phi) is 8.16. The third-order valence-electron chi connectivity index (χ3n) is 6.56. The van der Waals surface area contributed by atoms with Crippen molar-refractivity contribution in [1.29, 1.82) is 0 Å². The molecule has 1 aliphatic carbocycles. The molecule has 1 saturated carbocycles. The van der Waals surface area contributed by atoms with E-state index in [-0.39, 0.29) is 23.0 Å². The minimum Gasteiger partial charge on any atom is -0.379 e. The normalized spacial score (nSPS) is 18.7. The first-order valence-electron chi connectivity index (χ1n) is 11.6. The lowest BCUT2D eigenvalue weighted by Gasteiger charge is -2.48. The number of nitrogens with zero attached hydrogens (tertiary/aromatic N) is 4. The maximum atomic E-state index is 14.3. The van der Waals surface area contributed by atoms with Gasteiger partial charge in [0.05, 0.1) is 24.5 Å². The highest BCUT2D eigenvalue weighted by Crippen LogP contribution is 2.34. The Bertz CT molecular complexity index is 954. The molecular formula is C24H32FN5O2S. The van der Waals surface area contributed by atoms with Crippen LogP contribution in [0.5, 0.6) is 0 Å². The summed E-state index contributed by atoms with van der Waals surface area (Å²) in [7, 11) is 0. The summed E-state index contributed by atoms with van der Waals surface area (Å²) in [5, 5.41) is 12.2. The Morgan fingerprint density at radius 3 is 2.70 bits per heavy atom. The number of hydrogen-bond acceptors (Lipinski definition) is 6. The van der Waals surface area contributed by atoms with E-state index >= 15 is 0 Å². The van der Waals surface area contributed by atoms with Crippen molar-refractivity contribution >= 4 is 17.7 Å². The zero-order valence-corrected chi connectivity index (χ0v) is 19.8. The van der Waals surface area contributed by atoms with Gasteiger partial charge in [-0.25, -0.2) is 4.39 Å². The molecule has 0 radical (unpaired) electrons. The number of carbonyl (C=O) groups excluding carboxylic acids is 1. The van der Waals surface area contributed by atoms with Crippen molar-refractivity contribution in [3.63, 3.8) is 0 Å². The van der Waals surface area contributed by atoms with Gasteiger partial charge in [0, 0.05) is 31.7 Å². The summed E-state index contributed by atoms with van der Waals surface area (Å²) in [4.78, 5) is 15.3. The number of hydrogen-bond donors (Lipinski definition) is 1. The van der Waals surface area contributed by atoms with Crippen LogP contribution in [0.15, 0.2) is 42.1 Å². The van der Waals surface area contributed by atoms with Crippen molar-refractivity contribution in [2.24, 2.45) is 0 Å². The van der Waals surface area contributed by atoms with Gasteiger partial charge in [0.2, 0.25) is 5.91 Å².